The Morgan fingerprint density at radius 3 is 1.04 bits per heavy atom. The fourth-order valence-corrected chi connectivity index (χ4v) is 10.5. The molecule has 0 aliphatic rings. The second kappa shape index (κ2) is 64.6. The second-order valence-electron chi connectivity index (χ2n) is 23.1. The zero-order valence-corrected chi connectivity index (χ0v) is 50.5. The van der Waals surface area contributed by atoms with Crippen molar-refractivity contribution in [2.75, 3.05) is 13.2 Å². The van der Waals surface area contributed by atoms with Crippen molar-refractivity contribution < 1.29 is 24.5 Å². The van der Waals surface area contributed by atoms with Gasteiger partial charge in [-0.05, 0) is 83.5 Å². The van der Waals surface area contributed by atoms with Crippen molar-refractivity contribution in [1.82, 2.24) is 5.32 Å². The predicted octanol–water partition coefficient (Wildman–Crippen LogP) is 21.5. The highest BCUT2D eigenvalue weighted by molar-refractivity contribution is 5.76. The van der Waals surface area contributed by atoms with E-state index >= 15 is 0 Å². The normalized spacial score (nSPS) is 12.7. The van der Waals surface area contributed by atoms with Gasteiger partial charge in [0.1, 0.15) is 0 Å². The number of hydrogen-bond acceptors (Lipinski definition) is 5. The summed E-state index contributed by atoms with van der Waals surface area (Å²) in [7, 11) is 0. The van der Waals surface area contributed by atoms with Crippen LogP contribution < -0.4 is 5.32 Å². The number of allylic oxidation sites excluding steroid dienone is 6. The van der Waals surface area contributed by atoms with Crippen LogP contribution in [0, 0.1) is 0 Å². The van der Waals surface area contributed by atoms with Crippen molar-refractivity contribution in [1.29, 1.82) is 0 Å². The number of aliphatic hydroxyl groups is 2. The molecule has 0 heterocycles. The molecule has 2 unspecified atom stereocenters. The summed E-state index contributed by atoms with van der Waals surface area (Å²) in [5.41, 5.74) is 0. The number of rotatable bonds is 63. The summed E-state index contributed by atoms with van der Waals surface area (Å²) in [5, 5.41) is 23.2. The van der Waals surface area contributed by atoms with E-state index in [1.54, 1.807) is 0 Å². The van der Waals surface area contributed by atoms with E-state index in [1.807, 2.05) is 0 Å². The smallest absolute Gasteiger partial charge is 0.305 e. The maximum absolute atomic E-state index is 12.5. The molecule has 0 rings (SSSR count). The van der Waals surface area contributed by atoms with E-state index in [9.17, 15) is 19.8 Å². The van der Waals surface area contributed by atoms with Gasteiger partial charge in [0.15, 0.2) is 0 Å². The van der Waals surface area contributed by atoms with Gasteiger partial charge in [0.25, 0.3) is 0 Å². The molecule has 0 saturated carbocycles. The third-order valence-electron chi connectivity index (χ3n) is 15.7. The first-order chi connectivity index (χ1) is 37.0. The van der Waals surface area contributed by atoms with Crippen LogP contribution in [0.1, 0.15) is 367 Å². The van der Waals surface area contributed by atoms with Crippen molar-refractivity contribution in [3.63, 3.8) is 0 Å². The molecule has 0 saturated heterocycles. The van der Waals surface area contributed by atoms with E-state index in [1.165, 1.54) is 283 Å². The molecule has 0 fully saturated rings. The van der Waals surface area contributed by atoms with Crippen molar-refractivity contribution in [3.8, 4) is 0 Å². The van der Waals surface area contributed by atoms with Crippen LogP contribution in [-0.4, -0.2) is 47.4 Å². The third kappa shape index (κ3) is 61.2. The fraction of sp³-hybridized carbons (Fsp3) is 0.884. The Morgan fingerprint density at radius 1 is 0.373 bits per heavy atom. The summed E-state index contributed by atoms with van der Waals surface area (Å²) in [6.45, 7) is 4.94. The number of carbonyl (C=O) groups excluding carboxylic acids is 2. The topological polar surface area (TPSA) is 95.9 Å². The summed E-state index contributed by atoms with van der Waals surface area (Å²) in [6, 6.07) is -0.539. The molecule has 0 aliphatic carbocycles. The first-order valence-corrected chi connectivity index (χ1v) is 33.7. The minimum Gasteiger partial charge on any atom is -0.466 e. The van der Waals surface area contributed by atoms with Crippen LogP contribution in [0.2, 0.25) is 0 Å². The minimum absolute atomic E-state index is 0.00378. The Balaban J connectivity index is 3.35. The Bertz CT molecular complexity index is 1210. The zero-order valence-electron chi connectivity index (χ0n) is 50.5. The highest BCUT2D eigenvalue weighted by Gasteiger charge is 2.20. The minimum atomic E-state index is -0.662. The third-order valence-corrected chi connectivity index (χ3v) is 15.7. The average molecular weight is 1050 g/mol. The van der Waals surface area contributed by atoms with Crippen LogP contribution in [0.5, 0.6) is 0 Å². The summed E-state index contributed by atoms with van der Waals surface area (Å²) in [5.74, 6) is -0.0290. The summed E-state index contributed by atoms with van der Waals surface area (Å²) in [4.78, 5) is 24.5. The zero-order chi connectivity index (χ0) is 54.3. The van der Waals surface area contributed by atoms with E-state index in [4.69, 9.17) is 4.74 Å². The molecule has 0 aliphatic heterocycles. The first-order valence-electron chi connectivity index (χ1n) is 33.7. The summed E-state index contributed by atoms with van der Waals surface area (Å²) < 4.78 is 5.49. The number of amides is 1. The lowest BCUT2D eigenvalue weighted by Crippen LogP contribution is -2.45. The summed E-state index contributed by atoms with van der Waals surface area (Å²) >= 11 is 0. The van der Waals surface area contributed by atoms with Crippen LogP contribution in [-0.2, 0) is 14.3 Å². The second-order valence-corrected chi connectivity index (χ2v) is 23.1. The van der Waals surface area contributed by atoms with Gasteiger partial charge in [-0.3, -0.25) is 9.59 Å². The largest absolute Gasteiger partial charge is 0.466 e. The number of carbonyl (C=O) groups is 2. The van der Waals surface area contributed by atoms with E-state index in [0.29, 0.717) is 25.9 Å². The molecule has 0 aromatic carbocycles. The molecule has 1 amide bonds. The van der Waals surface area contributed by atoms with E-state index in [0.717, 1.165) is 51.4 Å². The van der Waals surface area contributed by atoms with Crippen LogP contribution in [0.3, 0.4) is 0 Å². The van der Waals surface area contributed by atoms with Crippen LogP contribution in [0.15, 0.2) is 36.5 Å². The molecule has 6 heteroatoms. The van der Waals surface area contributed by atoms with Gasteiger partial charge in [0, 0.05) is 12.8 Å². The van der Waals surface area contributed by atoms with E-state index < -0.39 is 12.1 Å². The lowest BCUT2D eigenvalue weighted by Gasteiger charge is -2.22. The van der Waals surface area contributed by atoms with Gasteiger partial charge in [-0.1, -0.05) is 307 Å². The number of esters is 1. The molecule has 0 radical (unpaired) electrons. The van der Waals surface area contributed by atoms with Crippen LogP contribution in [0.4, 0.5) is 0 Å². The molecule has 0 spiro atoms. The maximum Gasteiger partial charge on any atom is 0.305 e. The molecular formula is C69H131NO5. The lowest BCUT2D eigenvalue weighted by atomic mass is 10.0. The molecular weight excluding hydrogens is 923 g/mol. The Morgan fingerprint density at radius 2 is 0.667 bits per heavy atom. The van der Waals surface area contributed by atoms with Crippen LogP contribution >= 0.6 is 0 Å². The molecule has 0 aromatic heterocycles. The predicted molar refractivity (Wildman–Crippen MR) is 329 cm³/mol. The first kappa shape index (κ1) is 73.1. The molecule has 75 heavy (non-hydrogen) atoms. The highest BCUT2D eigenvalue weighted by atomic mass is 16.5. The van der Waals surface area contributed by atoms with Gasteiger partial charge < -0.3 is 20.3 Å². The number of hydrogen-bond donors (Lipinski definition) is 3. The molecule has 442 valence electrons. The number of aliphatic hydroxyl groups excluding tert-OH is 2. The average Bonchev–Trinajstić information content (AvgIpc) is 3.41. The fourth-order valence-electron chi connectivity index (χ4n) is 10.5. The quantitative estimate of drug-likeness (QED) is 0.0320. The molecule has 0 aromatic rings. The monoisotopic (exact) mass is 1050 g/mol. The van der Waals surface area contributed by atoms with Gasteiger partial charge in [0.2, 0.25) is 5.91 Å². The number of unbranched alkanes of at least 4 members (excludes halogenated alkanes) is 46. The van der Waals surface area contributed by atoms with Gasteiger partial charge in [0.05, 0.1) is 25.4 Å². The van der Waals surface area contributed by atoms with Gasteiger partial charge in [-0.15, -0.1) is 0 Å². The van der Waals surface area contributed by atoms with Gasteiger partial charge in [-0.25, -0.2) is 0 Å². The Hall–Kier alpha value is -1.92. The maximum atomic E-state index is 12.5. The lowest BCUT2D eigenvalue weighted by molar-refractivity contribution is -0.143. The molecule has 2 atom stereocenters. The highest BCUT2D eigenvalue weighted by Crippen LogP contribution is 2.18. The van der Waals surface area contributed by atoms with Crippen molar-refractivity contribution in [2.24, 2.45) is 0 Å². The molecule has 6 nitrogen and oxygen atoms in total. The van der Waals surface area contributed by atoms with E-state index in [2.05, 4.69) is 55.6 Å². The number of nitrogens with one attached hydrogen (secondary N) is 1. The molecule has 3 N–H and O–H groups in total. The number of ether oxygens (including phenoxy) is 1. The Labute approximate surface area is 468 Å². The van der Waals surface area contributed by atoms with Crippen LogP contribution in [0.25, 0.3) is 0 Å². The van der Waals surface area contributed by atoms with Gasteiger partial charge in [-0.2, -0.15) is 0 Å². The van der Waals surface area contributed by atoms with Gasteiger partial charge >= 0.3 is 5.97 Å². The molecule has 0 bridgehead atoms. The standard InChI is InChI=1S/C69H131NO5/c1-3-5-7-9-11-13-15-17-18-36-39-43-47-51-55-59-63-69(74)75-64-60-56-52-48-44-40-37-34-32-30-28-26-24-22-20-19-21-23-25-27-29-31-33-35-38-42-46-50-54-58-62-68(73)70-66(65-71)67(72)61-57-53-49-45-41-16-14-12-10-8-6-4-2/h13,15,18,20,22,36,66-67,71-72H,3-12,14,16-17,19,21,23-35,37-65H2,1-2H3,(H,70,73)/b15-13-,22-20-,36-18-. The van der Waals surface area contributed by atoms with E-state index in [-0.39, 0.29) is 18.5 Å². The Kier molecular flexibility index (Phi) is 63.0. The van der Waals surface area contributed by atoms with Crippen molar-refractivity contribution in [2.45, 2.75) is 379 Å². The summed E-state index contributed by atoms with van der Waals surface area (Å²) in [6.07, 6.45) is 81.9. The SMILES string of the molecule is CCCCCC/C=C\C/C=C\CCCCCCCC(=O)OCCCCCCCCCCCCCC/C=C\CCCCCCCCCCCCCCCCC(=O)NC(CO)C(O)CCCCCCCCCCCCCC. The van der Waals surface area contributed by atoms with Crippen molar-refractivity contribution in [3.05, 3.63) is 36.5 Å². The van der Waals surface area contributed by atoms with Crippen molar-refractivity contribution >= 4 is 11.9 Å².